The summed E-state index contributed by atoms with van der Waals surface area (Å²) in [5.41, 5.74) is 2.52. The van der Waals surface area contributed by atoms with Gasteiger partial charge in [-0.3, -0.25) is 4.79 Å². The fourth-order valence-electron chi connectivity index (χ4n) is 3.93. The van der Waals surface area contributed by atoms with Gasteiger partial charge >= 0.3 is 0 Å². The van der Waals surface area contributed by atoms with Crippen LogP contribution in [-0.2, 0) is 0 Å². The Morgan fingerprint density at radius 1 is 1.00 bits per heavy atom. The number of ether oxygens (including phenoxy) is 1. The second-order valence-electron chi connectivity index (χ2n) is 7.98. The van der Waals surface area contributed by atoms with Crippen molar-refractivity contribution < 1.29 is 13.9 Å². The fraction of sp³-hybridized carbons (Fsp3) is 0.240. The van der Waals surface area contributed by atoms with E-state index in [4.69, 9.17) is 14.1 Å². The second-order valence-corrected chi connectivity index (χ2v) is 7.98. The minimum atomic E-state index is -0.0853. The van der Waals surface area contributed by atoms with Gasteiger partial charge in [0.15, 0.2) is 5.76 Å². The molecule has 33 heavy (non-hydrogen) atoms. The average Bonchev–Trinajstić information content (AvgIpc) is 3.28. The third-order valence-electron chi connectivity index (χ3n) is 5.69. The number of piperazine rings is 1. The van der Waals surface area contributed by atoms with Crippen molar-refractivity contribution in [1.82, 2.24) is 14.9 Å². The first kappa shape index (κ1) is 20.8. The Bertz CT molecular complexity index is 1240. The van der Waals surface area contributed by atoms with Gasteiger partial charge in [-0.05, 0) is 43.3 Å². The largest absolute Gasteiger partial charge is 0.497 e. The van der Waals surface area contributed by atoms with Gasteiger partial charge in [0.1, 0.15) is 17.2 Å². The van der Waals surface area contributed by atoms with Gasteiger partial charge in [0.2, 0.25) is 5.95 Å². The molecule has 0 aliphatic carbocycles. The summed E-state index contributed by atoms with van der Waals surface area (Å²) in [6.07, 6.45) is 0. The van der Waals surface area contributed by atoms with Crippen LogP contribution in [0.25, 0.3) is 11.0 Å². The number of nitrogens with one attached hydrogen (secondary N) is 1. The van der Waals surface area contributed by atoms with Crippen LogP contribution in [0.5, 0.6) is 5.75 Å². The number of aryl methyl sites for hydroxylation is 1. The molecular formula is C25H25N5O3. The van der Waals surface area contributed by atoms with Crippen molar-refractivity contribution in [2.75, 3.05) is 43.5 Å². The first-order valence-corrected chi connectivity index (χ1v) is 10.9. The van der Waals surface area contributed by atoms with E-state index in [-0.39, 0.29) is 5.91 Å². The van der Waals surface area contributed by atoms with E-state index < -0.39 is 0 Å². The molecule has 0 radical (unpaired) electrons. The third kappa shape index (κ3) is 4.45. The zero-order chi connectivity index (χ0) is 22.8. The number of hydrogen-bond donors (Lipinski definition) is 1. The van der Waals surface area contributed by atoms with Crippen molar-refractivity contribution in [3.8, 4) is 5.75 Å². The van der Waals surface area contributed by atoms with Crippen LogP contribution >= 0.6 is 0 Å². The second kappa shape index (κ2) is 8.82. The number of hydrogen-bond acceptors (Lipinski definition) is 7. The van der Waals surface area contributed by atoms with Crippen LogP contribution in [0.1, 0.15) is 16.2 Å². The van der Waals surface area contributed by atoms with Gasteiger partial charge in [-0.25, -0.2) is 4.98 Å². The van der Waals surface area contributed by atoms with E-state index in [1.165, 1.54) is 0 Å². The van der Waals surface area contributed by atoms with E-state index in [0.29, 0.717) is 37.9 Å². The summed E-state index contributed by atoms with van der Waals surface area (Å²) in [6.45, 7) is 4.41. The number of carbonyl (C=O) groups is 1. The van der Waals surface area contributed by atoms with Gasteiger partial charge in [0.25, 0.3) is 5.91 Å². The molecule has 0 spiro atoms. The topological polar surface area (TPSA) is 83.7 Å². The van der Waals surface area contributed by atoms with Crippen LogP contribution in [0.4, 0.5) is 17.5 Å². The van der Waals surface area contributed by atoms with E-state index >= 15 is 0 Å². The first-order valence-electron chi connectivity index (χ1n) is 10.9. The molecule has 168 valence electrons. The summed E-state index contributed by atoms with van der Waals surface area (Å²) in [4.78, 5) is 26.2. The van der Waals surface area contributed by atoms with E-state index in [0.717, 1.165) is 33.9 Å². The number of rotatable bonds is 5. The van der Waals surface area contributed by atoms with Gasteiger partial charge in [-0.2, -0.15) is 4.98 Å². The van der Waals surface area contributed by atoms with E-state index in [1.54, 1.807) is 7.11 Å². The highest BCUT2D eigenvalue weighted by Gasteiger charge is 2.26. The number of nitrogens with zero attached hydrogens (tertiary/aromatic N) is 4. The zero-order valence-electron chi connectivity index (χ0n) is 18.6. The lowest BCUT2D eigenvalue weighted by molar-refractivity contribution is 0.0716. The summed E-state index contributed by atoms with van der Waals surface area (Å²) < 4.78 is 11.0. The molecule has 1 fully saturated rings. The Hall–Kier alpha value is -4.07. The van der Waals surface area contributed by atoms with Crippen LogP contribution in [0.2, 0.25) is 0 Å². The molecule has 0 unspecified atom stereocenters. The van der Waals surface area contributed by atoms with Crippen molar-refractivity contribution in [1.29, 1.82) is 0 Å². The number of aromatic nitrogens is 2. The maximum absolute atomic E-state index is 12.9. The molecule has 0 atom stereocenters. The first-order chi connectivity index (χ1) is 16.1. The fourth-order valence-corrected chi connectivity index (χ4v) is 3.93. The highest BCUT2D eigenvalue weighted by atomic mass is 16.5. The molecule has 1 aliphatic heterocycles. The highest BCUT2D eigenvalue weighted by molar-refractivity contribution is 5.96. The molecule has 1 amide bonds. The van der Waals surface area contributed by atoms with Gasteiger partial charge in [0, 0.05) is 49.0 Å². The lowest BCUT2D eigenvalue weighted by Gasteiger charge is -2.34. The summed E-state index contributed by atoms with van der Waals surface area (Å²) in [5, 5.41) is 4.26. The molecule has 1 aliphatic rings. The van der Waals surface area contributed by atoms with Gasteiger partial charge in [0.05, 0.1) is 7.11 Å². The number of furan rings is 1. The number of anilines is 3. The van der Waals surface area contributed by atoms with Crippen molar-refractivity contribution >= 4 is 34.3 Å². The minimum Gasteiger partial charge on any atom is -0.497 e. The van der Waals surface area contributed by atoms with E-state index in [2.05, 4.69) is 15.2 Å². The minimum absolute atomic E-state index is 0.0853. The third-order valence-corrected chi connectivity index (χ3v) is 5.69. The number of benzene rings is 2. The molecule has 2 aromatic heterocycles. The maximum Gasteiger partial charge on any atom is 0.289 e. The number of para-hydroxylation sites is 1. The van der Waals surface area contributed by atoms with Crippen LogP contribution in [0.15, 0.2) is 65.1 Å². The van der Waals surface area contributed by atoms with Crippen molar-refractivity contribution in [2.24, 2.45) is 0 Å². The smallest absolute Gasteiger partial charge is 0.289 e. The van der Waals surface area contributed by atoms with Crippen LogP contribution < -0.4 is 15.0 Å². The molecule has 4 aromatic rings. The predicted molar refractivity (Wildman–Crippen MR) is 127 cm³/mol. The summed E-state index contributed by atoms with van der Waals surface area (Å²) in [7, 11) is 1.65. The molecule has 2 aromatic carbocycles. The van der Waals surface area contributed by atoms with E-state index in [9.17, 15) is 4.79 Å². The Labute approximate surface area is 191 Å². The number of fused-ring (bicyclic) bond motifs is 1. The summed E-state index contributed by atoms with van der Waals surface area (Å²) >= 11 is 0. The van der Waals surface area contributed by atoms with Crippen LogP contribution in [0.3, 0.4) is 0 Å². The monoisotopic (exact) mass is 443 g/mol. The molecule has 8 nitrogen and oxygen atoms in total. The molecule has 0 bridgehead atoms. The predicted octanol–water partition coefficient (Wildman–Crippen LogP) is 4.25. The summed E-state index contributed by atoms with van der Waals surface area (Å²) in [6, 6.07) is 19.1. The van der Waals surface area contributed by atoms with Crippen LogP contribution in [0, 0.1) is 6.92 Å². The Morgan fingerprint density at radius 3 is 2.48 bits per heavy atom. The molecular weight excluding hydrogens is 418 g/mol. The lowest BCUT2D eigenvalue weighted by atomic mass is 10.2. The molecule has 5 rings (SSSR count). The van der Waals surface area contributed by atoms with Crippen LogP contribution in [-0.4, -0.2) is 54.1 Å². The zero-order valence-corrected chi connectivity index (χ0v) is 18.6. The Morgan fingerprint density at radius 2 is 1.76 bits per heavy atom. The SMILES string of the molecule is COc1ccc(Nc2cc(C)nc(N3CCN(C(=O)c4cc5ccccc5o4)CC3)n2)cc1. The quantitative estimate of drug-likeness (QED) is 0.494. The molecule has 3 heterocycles. The summed E-state index contributed by atoms with van der Waals surface area (Å²) in [5.74, 6) is 2.47. The molecule has 0 saturated carbocycles. The standard InChI is InChI=1S/C25H25N5O3/c1-17-15-23(27-19-7-9-20(32-2)10-8-19)28-25(26-17)30-13-11-29(12-14-30)24(31)22-16-18-5-3-4-6-21(18)33-22/h3-10,15-16H,11-14H2,1-2H3,(H,26,27,28). The Kier molecular flexibility index (Phi) is 5.56. The van der Waals surface area contributed by atoms with Crippen molar-refractivity contribution in [3.05, 3.63) is 72.1 Å². The lowest BCUT2D eigenvalue weighted by Crippen LogP contribution is -2.49. The van der Waals surface area contributed by atoms with E-state index in [1.807, 2.05) is 72.5 Å². The number of amides is 1. The molecule has 1 N–H and O–H groups in total. The van der Waals surface area contributed by atoms with Gasteiger partial charge in [-0.15, -0.1) is 0 Å². The molecule has 1 saturated heterocycles. The van der Waals surface area contributed by atoms with Gasteiger partial charge < -0.3 is 24.3 Å². The number of methoxy groups -OCH3 is 1. The highest BCUT2D eigenvalue weighted by Crippen LogP contribution is 2.23. The van der Waals surface area contributed by atoms with Crippen molar-refractivity contribution in [2.45, 2.75) is 6.92 Å². The maximum atomic E-state index is 12.9. The normalized spacial score (nSPS) is 13.9. The van der Waals surface area contributed by atoms with Gasteiger partial charge in [-0.1, -0.05) is 18.2 Å². The Balaban J connectivity index is 1.26. The average molecular weight is 444 g/mol. The van der Waals surface area contributed by atoms with Crippen molar-refractivity contribution in [3.63, 3.8) is 0 Å². The number of carbonyl (C=O) groups excluding carboxylic acids is 1. The molecule has 8 heteroatoms.